The van der Waals surface area contributed by atoms with Gasteiger partial charge in [-0.15, -0.1) is 0 Å². The predicted molar refractivity (Wildman–Crippen MR) is 142 cm³/mol. The highest BCUT2D eigenvalue weighted by molar-refractivity contribution is 7.92. The lowest BCUT2D eigenvalue weighted by Gasteiger charge is -2.26. The van der Waals surface area contributed by atoms with E-state index in [4.69, 9.17) is 27.9 Å². The van der Waals surface area contributed by atoms with E-state index in [1.165, 1.54) is 41.3 Å². The molecule has 0 spiro atoms. The molecule has 3 amide bonds. The number of carbonyl (C=O) groups excluding carboxylic acids is 3. The number of halogens is 2. The van der Waals surface area contributed by atoms with E-state index >= 15 is 0 Å². The van der Waals surface area contributed by atoms with Gasteiger partial charge in [-0.25, -0.2) is 8.42 Å². The smallest absolute Gasteiger partial charge is 0.262 e. The van der Waals surface area contributed by atoms with Gasteiger partial charge in [-0.2, -0.15) is 0 Å². The van der Waals surface area contributed by atoms with Gasteiger partial charge in [0.15, 0.2) is 5.75 Å². The first-order chi connectivity index (χ1) is 18.1. The molecule has 1 heterocycles. The number of carbonyl (C=O) groups is 3. The summed E-state index contributed by atoms with van der Waals surface area (Å²) in [6, 6.07) is 16.3. The number of hydrogen-bond acceptors (Lipinski definition) is 6. The summed E-state index contributed by atoms with van der Waals surface area (Å²) in [6.45, 7) is 0.367. The van der Waals surface area contributed by atoms with E-state index in [9.17, 15) is 22.8 Å². The molecule has 3 aromatic carbocycles. The van der Waals surface area contributed by atoms with Crippen molar-refractivity contribution in [3.05, 3.63) is 82.3 Å². The second kappa shape index (κ2) is 11.7. The molecule has 0 unspecified atom stereocenters. The SMILES string of the molecule is O=C1CN(C(=O)CNC(=O)c2ccc(S(=O)(=O)Nc3ccccc3Oc3ccc(Cl)cc3Cl)cc2)CCN1. The second-order valence-corrected chi connectivity index (χ2v) is 10.7. The molecule has 3 N–H and O–H groups in total. The Morgan fingerprint density at radius 1 is 1.00 bits per heavy atom. The van der Waals surface area contributed by atoms with Crippen LogP contribution in [0, 0.1) is 0 Å². The highest BCUT2D eigenvalue weighted by Crippen LogP contribution is 2.35. The number of benzene rings is 3. The first-order valence-corrected chi connectivity index (χ1v) is 13.5. The normalized spacial score (nSPS) is 13.4. The van der Waals surface area contributed by atoms with E-state index in [0.717, 1.165) is 0 Å². The number of nitrogens with one attached hydrogen (secondary N) is 3. The fraction of sp³-hybridized carbons (Fsp3) is 0.160. The Morgan fingerprint density at radius 2 is 1.74 bits per heavy atom. The number of para-hydroxylation sites is 2. The van der Waals surface area contributed by atoms with Gasteiger partial charge >= 0.3 is 0 Å². The van der Waals surface area contributed by atoms with Gasteiger partial charge in [0, 0.05) is 23.7 Å². The van der Waals surface area contributed by atoms with Gasteiger partial charge in [0.05, 0.1) is 28.7 Å². The van der Waals surface area contributed by atoms with Crippen molar-refractivity contribution in [2.75, 3.05) is 30.9 Å². The first-order valence-electron chi connectivity index (χ1n) is 11.3. The van der Waals surface area contributed by atoms with E-state index in [-0.39, 0.29) is 45.9 Å². The highest BCUT2D eigenvalue weighted by Gasteiger charge is 2.22. The van der Waals surface area contributed by atoms with Crippen LogP contribution in [0.3, 0.4) is 0 Å². The molecule has 13 heteroatoms. The zero-order valence-electron chi connectivity index (χ0n) is 19.7. The van der Waals surface area contributed by atoms with Crippen LogP contribution in [0.2, 0.25) is 10.0 Å². The molecular weight excluding hydrogens is 555 g/mol. The molecule has 1 aliphatic heterocycles. The second-order valence-electron chi connectivity index (χ2n) is 8.15. The number of rotatable bonds is 8. The Kier molecular flexibility index (Phi) is 8.40. The molecule has 38 heavy (non-hydrogen) atoms. The molecule has 1 saturated heterocycles. The van der Waals surface area contributed by atoms with E-state index in [0.29, 0.717) is 23.9 Å². The molecule has 0 radical (unpaired) electrons. The number of nitrogens with zero attached hydrogens (tertiary/aromatic N) is 1. The Hall–Kier alpha value is -3.80. The van der Waals surface area contributed by atoms with Gasteiger partial charge in [-0.3, -0.25) is 19.1 Å². The quantitative estimate of drug-likeness (QED) is 0.377. The molecule has 0 bridgehead atoms. The van der Waals surface area contributed by atoms with Crippen LogP contribution in [0.5, 0.6) is 11.5 Å². The summed E-state index contributed by atoms with van der Waals surface area (Å²) >= 11 is 12.1. The molecule has 0 aliphatic carbocycles. The van der Waals surface area contributed by atoms with Crippen LogP contribution in [0.4, 0.5) is 5.69 Å². The van der Waals surface area contributed by atoms with Gasteiger partial charge in [0.25, 0.3) is 15.9 Å². The van der Waals surface area contributed by atoms with Crippen LogP contribution in [-0.2, 0) is 19.6 Å². The van der Waals surface area contributed by atoms with Crippen molar-refractivity contribution in [2.24, 2.45) is 0 Å². The van der Waals surface area contributed by atoms with Crippen molar-refractivity contribution in [3.8, 4) is 11.5 Å². The van der Waals surface area contributed by atoms with Crippen LogP contribution in [0.15, 0.2) is 71.6 Å². The number of piperazine rings is 1. The fourth-order valence-electron chi connectivity index (χ4n) is 3.53. The van der Waals surface area contributed by atoms with E-state index < -0.39 is 21.8 Å². The molecule has 0 saturated carbocycles. The zero-order chi connectivity index (χ0) is 27.3. The van der Waals surface area contributed by atoms with Crippen LogP contribution < -0.4 is 20.1 Å². The monoisotopic (exact) mass is 576 g/mol. The highest BCUT2D eigenvalue weighted by atomic mass is 35.5. The summed E-state index contributed by atoms with van der Waals surface area (Å²) in [7, 11) is -4.05. The van der Waals surface area contributed by atoms with E-state index in [2.05, 4.69) is 15.4 Å². The number of hydrogen-bond donors (Lipinski definition) is 3. The van der Waals surface area contributed by atoms with Crippen molar-refractivity contribution in [3.63, 3.8) is 0 Å². The average Bonchev–Trinajstić information content (AvgIpc) is 2.89. The minimum atomic E-state index is -4.05. The van der Waals surface area contributed by atoms with Gasteiger partial charge in [-0.1, -0.05) is 35.3 Å². The molecule has 1 aliphatic rings. The maximum absolute atomic E-state index is 13.0. The number of amides is 3. The third-order valence-electron chi connectivity index (χ3n) is 5.46. The van der Waals surface area contributed by atoms with Crippen LogP contribution in [-0.4, -0.2) is 57.2 Å². The summed E-state index contributed by atoms with van der Waals surface area (Å²) in [5, 5.41) is 5.79. The van der Waals surface area contributed by atoms with E-state index in [1.807, 2.05) is 0 Å². The maximum Gasteiger partial charge on any atom is 0.262 e. The molecular formula is C25H22Cl2N4O6S. The summed E-state index contributed by atoms with van der Waals surface area (Å²) in [4.78, 5) is 37.4. The fourth-order valence-corrected chi connectivity index (χ4v) is 5.04. The van der Waals surface area contributed by atoms with Crippen LogP contribution in [0.1, 0.15) is 10.4 Å². The number of sulfonamides is 1. The van der Waals surface area contributed by atoms with Crippen molar-refractivity contribution in [1.29, 1.82) is 0 Å². The van der Waals surface area contributed by atoms with Crippen molar-refractivity contribution >= 4 is 56.6 Å². The average molecular weight is 577 g/mol. The largest absolute Gasteiger partial charge is 0.454 e. The first kappa shape index (κ1) is 27.2. The molecule has 0 aromatic heterocycles. The Morgan fingerprint density at radius 3 is 2.45 bits per heavy atom. The molecule has 0 atom stereocenters. The minimum absolute atomic E-state index is 0.0603. The molecule has 3 aromatic rings. The van der Waals surface area contributed by atoms with E-state index in [1.54, 1.807) is 30.3 Å². The van der Waals surface area contributed by atoms with Crippen LogP contribution >= 0.6 is 23.2 Å². The molecule has 198 valence electrons. The third-order valence-corrected chi connectivity index (χ3v) is 7.38. The molecule has 1 fully saturated rings. The minimum Gasteiger partial charge on any atom is -0.454 e. The van der Waals surface area contributed by atoms with Gasteiger partial charge in [-0.05, 0) is 54.6 Å². The lowest BCUT2D eigenvalue weighted by molar-refractivity contribution is -0.137. The third kappa shape index (κ3) is 6.74. The molecule has 10 nitrogen and oxygen atoms in total. The zero-order valence-corrected chi connectivity index (χ0v) is 22.1. The van der Waals surface area contributed by atoms with Crippen LogP contribution in [0.25, 0.3) is 0 Å². The Labute approximate surface area is 228 Å². The Bertz CT molecular complexity index is 1480. The summed E-state index contributed by atoms with van der Waals surface area (Å²) in [6.07, 6.45) is 0. The van der Waals surface area contributed by atoms with Crippen molar-refractivity contribution < 1.29 is 27.5 Å². The number of ether oxygens (including phenoxy) is 1. The molecule has 4 rings (SSSR count). The summed E-state index contributed by atoms with van der Waals surface area (Å²) < 4.78 is 34.3. The van der Waals surface area contributed by atoms with Crippen molar-refractivity contribution in [2.45, 2.75) is 4.90 Å². The summed E-state index contributed by atoms with van der Waals surface area (Å²) in [5.74, 6) is -0.704. The predicted octanol–water partition coefficient (Wildman–Crippen LogP) is 3.27. The van der Waals surface area contributed by atoms with Gasteiger partial charge < -0.3 is 20.3 Å². The summed E-state index contributed by atoms with van der Waals surface area (Å²) in [5.41, 5.74) is 0.333. The standard InChI is InChI=1S/C25H22Cl2N4O6S/c26-17-7-10-21(19(27)13-17)37-22-4-2-1-3-20(22)30-38(35,36)18-8-5-16(6-9-18)25(34)29-14-24(33)31-12-11-28-23(32)15-31/h1-10,13,30H,11-12,14-15H2,(H,28,32)(H,29,34). The lowest BCUT2D eigenvalue weighted by Crippen LogP contribution is -2.52. The van der Waals surface area contributed by atoms with Crippen molar-refractivity contribution in [1.82, 2.24) is 15.5 Å². The van der Waals surface area contributed by atoms with Gasteiger partial charge in [0.1, 0.15) is 5.75 Å². The van der Waals surface area contributed by atoms with Gasteiger partial charge in [0.2, 0.25) is 11.8 Å². The number of anilines is 1. The lowest BCUT2D eigenvalue weighted by atomic mass is 10.2. The maximum atomic E-state index is 13.0. The topological polar surface area (TPSA) is 134 Å². The Balaban J connectivity index is 1.41.